The van der Waals surface area contributed by atoms with Crippen molar-refractivity contribution in [2.75, 3.05) is 7.11 Å². The molecule has 0 aromatic carbocycles. The molecular formula is C11H16O4. The van der Waals surface area contributed by atoms with Crippen LogP contribution < -0.4 is 0 Å². The Morgan fingerprint density at radius 3 is 2.13 bits per heavy atom. The summed E-state index contributed by atoms with van der Waals surface area (Å²) < 4.78 is 4.85. The summed E-state index contributed by atoms with van der Waals surface area (Å²) >= 11 is 0. The van der Waals surface area contributed by atoms with Gasteiger partial charge in [0, 0.05) is 20.0 Å². The number of Topliss-reactive ketones (excluding diaryl/α,β-unsaturated/α-hetero) is 3. The largest absolute Gasteiger partial charge is 0.374 e. The molecule has 1 saturated carbocycles. The number of carbonyl (C=O) groups excluding carboxylic acids is 3. The standard InChI is InChI=1S/C11H16O4/c1-7(15-2)11(14)10-8(12)5-3-4-6-9(10)13/h7,10H,3-6H2,1-2H3. The molecule has 4 nitrogen and oxygen atoms in total. The molecule has 0 radical (unpaired) electrons. The van der Waals surface area contributed by atoms with E-state index in [1.807, 2.05) is 0 Å². The first-order chi connectivity index (χ1) is 7.07. The Morgan fingerprint density at radius 2 is 1.73 bits per heavy atom. The third-order valence-corrected chi connectivity index (χ3v) is 2.78. The van der Waals surface area contributed by atoms with E-state index in [-0.39, 0.29) is 11.6 Å². The van der Waals surface area contributed by atoms with Crippen molar-refractivity contribution in [3.8, 4) is 0 Å². The van der Waals surface area contributed by atoms with E-state index in [0.29, 0.717) is 25.7 Å². The monoisotopic (exact) mass is 212 g/mol. The van der Waals surface area contributed by atoms with Crippen LogP contribution in [0, 0.1) is 5.92 Å². The van der Waals surface area contributed by atoms with Gasteiger partial charge in [-0.3, -0.25) is 14.4 Å². The summed E-state index contributed by atoms with van der Waals surface area (Å²) in [5.41, 5.74) is 0. The highest BCUT2D eigenvalue weighted by Crippen LogP contribution is 2.19. The minimum atomic E-state index is -1.07. The molecule has 0 saturated heterocycles. The van der Waals surface area contributed by atoms with Crippen LogP contribution in [0.5, 0.6) is 0 Å². The molecule has 15 heavy (non-hydrogen) atoms. The molecule has 0 aliphatic heterocycles. The SMILES string of the molecule is COC(C)C(=O)C1C(=O)CCCCC1=O. The zero-order valence-corrected chi connectivity index (χ0v) is 9.12. The van der Waals surface area contributed by atoms with Crippen molar-refractivity contribution in [3.63, 3.8) is 0 Å². The third kappa shape index (κ3) is 2.72. The smallest absolute Gasteiger partial charge is 0.179 e. The molecule has 0 N–H and O–H groups in total. The van der Waals surface area contributed by atoms with E-state index in [9.17, 15) is 14.4 Å². The highest BCUT2D eigenvalue weighted by molar-refractivity contribution is 6.20. The maximum atomic E-state index is 11.7. The number of ether oxygens (including phenoxy) is 1. The van der Waals surface area contributed by atoms with Crippen molar-refractivity contribution in [1.82, 2.24) is 0 Å². The van der Waals surface area contributed by atoms with Gasteiger partial charge in [0.05, 0.1) is 0 Å². The minimum absolute atomic E-state index is 0.244. The number of ketones is 3. The number of hydrogen-bond acceptors (Lipinski definition) is 4. The molecule has 0 aromatic heterocycles. The van der Waals surface area contributed by atoms with Crippen LogP contribution in [-0.4, -0.2) is 30.6 Å². The first-order valence-electron chi connectivity index (χ1n) is 5.20. The van der Waals surface area contributed by atoms with Gasteiger partial charge < -0.3 is 4.74 Å². The Kier molecular flexibility index (Phi) is 4.15. The Morgan fingerprint density at radius 1 is 1.27 bits per heavy atom. The fourth-order valence-corrected chi connectivity index (χ4v) is 1.73. The Labute approximate surface area is 89.0 Å². The summed E-state index contributed by atoms with van der Waals surface area (Å²) in [7, 11) is 1.40. The molecule has 1 aliphatic rings. The van der Waals surface area contributed by atoms with Gasteiger partial charge in [0.25, 0.3) is 0 Å². The second-order valence-corrected chi connectivity index (χ2v) is 3.85. The van der Waals surface area contributed by atoms with E-state index in [4.69, 9.17) is 4.74 Å². The molecule has 84 valence electrons. The maximum absolute atomic E-state index is 11.7. The Bertz CT molecular complexity index is 264. The highest BCUT2D eigenvalue weighted by atomic mass is 16.5. The van der Waals surface area contributed by atoms with Crippen LogP contribution in [0.1, 0.15) is 32.6 Å². The first kappa shape index (κ1) is 12.0. The Balaban J connectivity index is 2.83. The maximum Gasteiger partial charge on any atom is 0.179 e. The van der Waals surface area contributed by atoms with Crippen molar-refractivity contribution in [1.29, 1.82) is 0 Å². The van der Waals surface area contributed by atoms with E-state index < -0.39 is 17.8 Å². The van der Waals surface area contributed by atoms with Gasteiger partial charge in [-0.2, -0.15) is 0 Å². The fraction of sp³-hybridized carbons (Fsp3) is 0.727. The molecule has 1 unspecified atom stereocenters. The predicted octanol–water partition coefficient (Wildman–Crippen LogP) is 0.919. The lowest BCUT2D eigenvalue weighted by Crippen LogP contribution is -2.37. The number of methoxy groups -OCH3 is 1. The molecule has 0 spiro atoms. The average molecular weight is 212 g/mol. The van der Waals surface area contributed by atoms with Crippen molar-refractivity contribution in [2.24, 2.45) is 5.92 Å². The van der Waals surface area contributed by atoms with Crippen LogP contribution in [0.25, 0.3) is 0 Å². The van der Waals surface area contributed by atoms with E-state index in [2.05, 4.69) is 0 Å². The minimum Gasteiger partial charge on any atom is -0.374 e. The quantitative estimate of drug-likeness (QED) is 0.515. The van der Waals surface area contributed by atoms with E-state index in [1.165, 1.54) is 7.11 Å². The number of hydrogen-bond donors (Lipinski definition) is 0. The van der Waals surface area contributed by atoms with Gasteiger partial charge in [-0.15, -0.1) is 0 Å². The van der Waals surface area contributed by atoms with Crippen LogP contribution in [-0.2, 0) is 19.1 Å². The van der Waals surface area contributed by atoms with Crippen molar-refractivity contribution in [2.45, 2.75) is 38.7 Å². The number of carbonyl (C=O) groups is 3. The van der Waals surface area contributed by atoms with Crippen LogP contribution in [0.2, 0.25) is 0 Å². The molecule has 0 bridgehead atoms. The molecule has 0 amide bonds. The molecule has 1 rings (SSSR count). The molecule has 1 fully saturated rings. The van der Waals surface area contributed by atoms with Gasteiger partial charge in [0.1, 0.15) is 12.0 Å². The van der Waals surface area contributed by atoms with E-state index in [1.54, 1.807) is 6.92 Å². The Hall–Kier alpha value is -1.03. The molecule has 1 atom stereocenters. The lowest BCUT2D eigenvalue weighted by molar-refractivity contribution is -0.143. The first-order valence-corrected chi connectivity index (χ1v) is 5.20. The topological polar surface area (TPSA) is 60.4 Å². The van der Waals surface area contributed by atoms with Crippen molar-refractivity contribution < 1.29 is 19.1 Å². The molecule has 1 aliphatic carbocycles. The molecule has 0 heterocycles. The normalized spacial score (nSPS) is 21.2. The van der Waals surface area contributed by atoms with Gasteiger partial charge in [-0.25, -0.2) is 0 Å². The number of rotatable bonds is 3. The average Bonchev–Trinajstić information content (AvgIpc) is 2.38. The van der Waals surface area contributed by atoms with Crippen LogP contribution in [0.4, 0.5) is 0 Å². The van der Waals surface area contributed by atoms with Crippen molar-refractivity contribution in [3.05, 3.63) is 0 Å². The summed E-state index contributed by atoms with van der Waals surface area (Å²) in [5.74, 6) is -1.95. The van der Waals surface area contributed by atoms with Gasteiger partial charge in [0.15, 0.2) is 17.3 Å². The summed E-state index contributed by atoms with van der Waals surface area (Å²) in [5, 5.41) is 0. The molecule has 0 aromatic rings. The van der Waals surface area contributed by atoms with Crippen molar-refractivity contribution >= 4 is 17.3 Å². The lowest BCUT2D eigenvalue weighted by atomic mass is 9.90. The molecule has 4 heteroatoms. The van der Waals surface area contributed by atoms with Crippen LogP contribution in [0.3, 0.4) is 0 Å². The van der Waals surface area contributed by atoms with E-state index in [0.717, 1.165) is 0 Å². The fourth-order valence-electron chi connectivity index (χ4n) is 1.73. The molecular weight excluding hydrogens is 196 g/mol. The zero-order valence-electron chi connectivity index (χ0n) is 9.12. The van der Waals surface area contributed by atoms with Gasteiger partial charge in [-0.1, -0.05) is 0 Å². The summed E-state index contributed by atoms with van der Waals surface area (Å²) in [6.07, 6.45) is 1.39. The van der Waals surface area contributed by atoms with Gasteiger partial charge in [-0.05, 0) is 19.8 Å². The summed E-state index contributed by atoms with van der Waals surface area (Å²) in [6, 6.07) is 0. The highest BCUT2D eigenvalue weighted by Gasteiger charge is 2.36. The van der Waals surface area contributed by atoms with Crippen LogP contribution >= 0.6 is 0 Å². The van der Waals surface area contributed by atoms with Gasteiger partial charge in [0.2, 0.25) is 0 Å². The second kappa shape index (κ2) is 5.16. The van der Waals surface area contributed by atoms with Gasteiger partial charge >= 0.3 is 0 Å². The second-order valence-electron chi connectivity index (χ2n) is 3.85. The van der Waals surface area contributed by atoms with Crippen LogP contribution in [0.15, 0.2) is 0 Å². The summed E-state index contributed by atoms with van der Waals surface area (Å²) in [4.78, 5) is 34.9. The van der Waals surface area contributed by atoms with E-state index >= 15 is 0 Å². The summed E-state index contributed by atoms with van der Waals surface area (Å²) in [6.45, 7) is 1.56. The lowest BCUT2D eigenvalue weighted by Gasteiger charge is -2.14. The predicted molar refractivity (Wildman–Crippen MR) is 53.5 cm³/mol. The zero-order chi connectivity index (χ0) is 11.4. The third-order valence-electron chi connectivity index (χ3n) is 2.78.